The van der Waals surface area contributed by atoms with Crippen molar-refractivity contribution < 1.29 is 32.8 Å². The molecule has 1 aliphatic rings. The summed E-state index contributed by atoms with van der Waals surface area (Å²) in [5.74, 6) is -1.65. The summed E-state index contributed by atoms with van der Waals surface area (Å²) >= 11 is 0. The van der Waals surface area contributed by atoms with Crippen LogP contribution in [0, 0.1) is 10.1 Å². The van der Waals surface area contributed by atoms with E-state index in [9.17, 15) is 19.5 Å². The fraction of sp³-hybridized carbons (Fsp3) is 0.414. The summed E-state index contributed by atoms with van der Waals surface area (Å²) in [6, 6.07) is 15.5. The average Bonchev–Trinajstić information content (AvgIpc) is 2.87. The Morgan fingerprint density at radius 3 is 2.23 bits per heavy atom. The highest BCUT2D eigenvalue weighted by Gasteiger charge is 2.46. The normalized spacial score (nSPS) is 15.9. The van der Waals surface area contributed by atoms with Gasteiger partial charge >= 0.3 is 13.6 Å². The number of nitrogens with one attached hydrogen (secondary N) is 1. The van der Waals surface area contributed by atoms with Crippen LogP contribution in [0.15, 0.2) is 76.9 Å². The molecule has 0 spiro atoms. The van der Waals surface area contributed by atoms with Gasteiger partial charge in [0.15, 0.2) is 0 Å². The number of carbonyl (C=O) groups is 1. The molecule has 1 atom stereocenters. The average molecular weight is 573 g/mol. The number of nitrogens with zero attached hydrogens (tertiary/aromatic N) is 1. The molecule has 0 bridgehead atoms. The molecule has 1 unspecified atom stereocenters. The third kappa shape index (κ3) is 7.88. The molecule has 0 amide bonds. The number of esters is 1. The summed E-state index contributed by atoms with van der Waals surface area (Å²) in [4.78, 5) is 24.7. The number of carbonyl (C=O) groups excluding carboxylic acids is 1. The number of hydrogen-bond acceptors (Lipinski definition) is 9. The number of non-ortho nitro benzene ring substituents is 1. The van der Waals surface area contributed by atoms with E-state index in [1.165, 1.54) is 18.2 Å². The monoisotopic (exact) mass is 572 g/mol. The van der Waals surface area contributed by atoms with Gasteiger partial charge in [-0.05, 0) is 52.7 Å². The fourth-order valence-corrected chi connectivity index (χ4v) is 6.94. The van der Waals surface area contributed by atoms with Crippen molar-refractivity contribution in [1.29, 1.82) is 0 Å². The molecule has 0 saturated heterocycles. The SMILES string of the molecule is CC1=C(C(=O)OCCOCc2ccccc2)C(c2cccc([N+](=O)[O-])c2)C(P(=O)(OC(C)C)OC(C)C)=C(C)N1. The fourth-order valence-electron chi connectivity index (χ4n) is 4.49. The lowest BCUT2D eigenvalue weighted by atomic mass is 9.86. The van der Waals surface area contributed by atoms with Crippen LogP contribution in [0.4, 0.5) is 5.69 Å². The maximum absolute atomic E-state index is 14.4. The molecular formula is C29H37N2O8P. The quantitative estimate of drug-likeness (QED) is 0.0930. The van der Waals surface area contributed by atoms with Crippen molar-refractivity contribution in [2.24, 2.45) is 0 Å². The number of rotatable bonds is 13. The zero-order valence-electron chi connectivity index (χ0n) is 23.7. The van der Waals surface area contributed by atoms with Gasteiger partial charge in [-0.1, -0.05) is 42.5 Å². The summed E-state index contributed by atoms with van der Waals surface area (Å²) in [6.07, 6.45) is -0.945. The van der Waals surface area contributed by atoms with Gasteiger partial charge in [-0.15, -0.1) is 0 Å². The predicted molar refractivity (Wildman–Crippen MR) is 151 cm³/mol. The van der Waals surface area contributed by atoms with E-state index in [4.69, 9.17) is 18.5 Å². The van der Waals surface area contributed by atoms with Crippen LogP contribution in [0.1, 0.15) is 58.6 Å². The summed E-state index contributed by atoms with van der Waals surface area (Å²) in [7, 11) is -4.02. The van der Waals surface area contributed by atoms with Crippen LogP contribution in [0.3, 0.4) is 0 Å². The van der Waals surface area contributed by atoms with Crippen molar-refractivity contribution in [3.8, 4) is 0 Å². The molecule has 0 aliphatic carbocycles. The van der Waals surface area contributed by atoms with E-state index in [0.717, 1.165) is 5.56 Å². The first-order valence-corrected chi connectivity index (χ1v) is 14.7. The van der Waals surface area contributed by atoms with Gasteiger partial charge in [0.1, 0.15) is 6.61 Å². The van der Waals surface area contributed by atoms with Gasteiger partial charge in [0.05, 0.1) is 47.2 Å². The first kappa shape index (κ1) is 31.2. The lowest BCUT2D eigenvalue weighted by Gasteiger charge is -2.35. The second kappa shape index (κ2) is 13.9. The van der Waals surface area contributed by atoms with Crippen LogP contribution in [0.5, 0.6) is 0 Å². The third-order valence-corrected chi connectivity index (χ3v) is 8.51. The van der Waals surface area contributed by atoms with Gasteiger partial charge in [-0.3, -0.25) is 14.7 Å². The van der Waals surface area contributed by atoms with Crippen LogP contribution in [-0.4, -0.2) is 36.3 Å². The molecule has 2 aromatic carbocycles. The van der Waals surface area contributed by atoms with Crippen LogP contribution < -0.4 is 5.32 Å². The van der Waals surface area contributed by atoms with Gasteiger partial charge in [0.25, 0.3) is 5.69 Å². The zero-order chi connectivity index (χ0) is 29.4. The molecule has 1 aliphatic heterocycles. The molecule has 3 rings (SSSR count). The first-order valence-electron chi connectivity index (χ1n) is 13.1. The van der Waals surface area contributed by atoms with E-state index >= 15 is 0 Å². The largest absolute Gasteiger partial charge is 0.460 e. The van der Waals surface area contributed by atoms with Gasteiger partial charge < -0.3 is 23.8 Å². The lowest BCUT2D eigenvalue weighted by Crippen LogP contribution is -2.30. The summed E-state index contributed by atoms with van der Waals surface area (Å²) in [5.41, 5.74) is 2.30. The van der Waals surface area contributed by atoms with E-state index in [-0.39, 0.29) is 29.8 Å². The molecular weight excluding hydrogens is 535 g/mol. The minimum absolute atomic E-state index is 0.0230. The molecule has 11 heteroatoms. The number of benzene rings is 2. The molecule has 10 nitrogen and oxygen atoms in total. The van der Waals surface area contributed by atoms with Crippen molar-refractivity contribution in [3.05, 3.63) is 98.1 Å². The Morgan fingerprint density at radius 1 is 0.975 bits per heavy atom. The van der Waals surface area contributed by atoms with Crippen molar-refractivity contribution in [3.63, 3.8) is 0 Å². The molecule has 0 fully saturated rings. The van der Waals surface area contributed by atoms with Crippen molar-refractivity contribution in [2.75, 3.05) is 13.2 Å². The number of hydrogen-bond donors (Lipinski definition) is 1. The van der Waals surface area contributed by atoms with Crippen LogP contribution in [-0.2, 0) is 34.5 Å². The third-order valence-electron chi connectivity index (χ3n) is 5.93. The topological polar surface area (TPSA) is 126 Å². The molecule has 2 aromatic rings. The van der Waals surface area contributed by atoms with Crippen LogP contribution in [0.25, 0.3) is 0 Å². The van der Waals surface area contributed by atoms with E-state index < -0.39 is 36.6 Å². The van der Waals surface area contributed by atoms with Crippen LogP contribution >= 0.6 is 7.60 Å². The second-order valence-corrected chi connectivity index (χ2v) is 11.8. The molecule has 0 saturated carbocycles. The summed E-state index contributed by atoms with van der Waals surface area (Å²) < 4.78 is 37.5. The Hall–Kier alpha value is -3.30. The predicted octanol–water partition coefficient (Wildman–Crippen LogP) is 6.59. The molecule has 1 N–H and O–H groups in total. The summed E-state index contributed by atoms with van der Waals surface area (Å²) in [6.45, 7) is 10.8. The number of nitro groups is 1. The van der Waals surface area contributed by atoms with Crippen molar-refractivity contribution in [2.45, 2.75) is 66.3 Å². The van der Waals surface area contributed by atoms with Crippen molar-refractivity contribution >= 4 is 19.3 Å². The maximum atomic E-state index is 14.4. The Morgan fingerprint density at radius 2 is 1.62 bits per heavy atom. The smallest absolute Gasteiger partial charge is 0.360 e. The molecule has 216 valence electrons. The minimum atomic E-state index is -4.02. The van der Waals surface area contributed by atoms with Gasteiger partial charge in [0.2, 0.25) is 0 Å². The van der Waals surface area contributed by atoms with E-state index in [1.54, 1.807) is 47.6 Å². The number of nitro benzene ring substituents is 1. The molecule has 40 heavy (non-hydrogen) atoms. The Balaban J connectivity index is 1.98. The highest BCUT2D eigenvalue weighted by Crippen LogP contribution is 2.65. The Bertz CT molecular complexity index is 1310. The van der Waals surface area contributed by atoms with Gasteiger partial charge in [-0.25, -0.2) is 4.79 Å². The number of allylic oxidation sites excluding steroid dienone is 3. The minimum Gasteiger partial charge on any atom is -0.460 e. The lowest BCUT2D eigenvalue weighted by molar-refractivity contribution is -0.384. The highest BCUT2D eigenvalue weighted by atomic mass is 31.2. The summed E-state index contributed by atoms with van der Waals surface area (Å²) in [5, 5.41) is 15.0. The Kier molecular flexibility index (Phi) is 10.8. The first-order chi connectivity index (χ1) is 18.9. The van der Waals surface area contributed by atoms with Crippen LogP contribution in [0.2, 0.25) is 0 Å². The zero-order valence-corrected chi connectivity index (χ0v) is 24.6. The van der Waals surface area contributed by atoms with E-state index in [2.05, 4.69) is 5.32 Å². The second-order valence-electron chi connectivity index (χ2n) is 9.94. The molecule has 0 aromatic heterocycles. The maximum Gasteiger partial charge on any atom is 0.360 e. The number of ether oxygens (including phenoxy) is 2. The number of dihydropyridines is 1. The van der Waals surface area contributed by atoms with Gasteiger partial charge in [-0.2, -0.15) is 0 Å². The van der Waals surface area contributed by atoms with Gasteiger partial charge in [0, 0.05) is 23.5 Å². The van der Waals surface area contributed by atoms with E-state index in [1.807, 2.05) is 30.3 Å². The Labute approximate surface area is 235 Å². The standard InChI is InChI=1S/C29H37N2O8P/c1-19(2)38-40(35,39-20(3)4)28-22(6)30-21(5)26(27(28)24-13-10-14-25(17-24)31(33)34)29(32)37-16-15-36-18-23-11-8-7-9-12-23/h7-14,17,19-20,27,30H,15-16,18H2,1-6H3. The highest BCUT2D eigenvalue weighted by molar-refractivity contribution is 7.58. The molecule has 1 heterocycles. The van der Waals surface area contributed by atoms with Crippen molar-refractivity contribution in [1.82, 2.24) is 5.32 Å². The molecule has 0 radical (unpaired) electrons. The van der Waals surface area contributed by atoms with E-state index in [0.29, 0.717) is 23.6 Å².